The number of carbonyl (C=O) groups is 2. The average Bonchev–Trinajstić information content (AvgIpc) is 2.71. The molecule has 1 aliphatic heterocycles. The first-order valence-corrected chi connectivity index (χ1v) is 9.09. The number of amides is 2. The largest absolute Gasteiger partial charge is 0.474 e. The molecular formula is C20H22FN3O5. The fourth-order valence-electron chi connectivity index (χ4n) is 3.08. The standard InChI is InChI=1S/C20H22FN3O5/c1-12-11-29-19-17(24(12)20(26)27)8-14(9-23-19)18(25)22-10-16(28-2)7-13-3-5-15(21)6-4-13/h3-6,8-9,12,16H,7,10-11H2,1-2H3,(H,22,25)(H,26,27)/t12-,16?/m0/s1. The fraction of sp³-hybridized carbons (Fsp3) is 0.350. The SMILES string of the molecule is COC(CNC(=O)c1cnc2c(c1)N(C(=O)O)[C@@H](C)CO2)Cc1ccc(F)cc1. The Morgan fingerprint density at radius 2 is 2.14 bits per heavy atom. The fourth-order valence-corrected chi connectivity index (χ4v) is 3.08. The van der Waals surface area contributed by atoms with Crippen molar-refractivity contribution in [3.05, 3.63) is 53.5 Å². The van der Waals surface area contributed by atoms with Crippen molar-refractivity contribution >= 4 is 17.7 Å². The van der Waals surface area contributed by atoms with E-state index in [2.05, 4.69) is 10.3 Å². The summed E-state index contributed by atoms with van der Waals surface area (Å²) in [6, 6.07) is 7.13. The molecule has 0 fully saturated rings. The summed E-state index contributed by atoms with van der Waals surface area (Å²) in [7, 11) is 1.53. The summed E-state index contributed by atoms with van der Waals surface area (Å²) in [5, 5.41) is 12.2. The van der Waals surface area contributed by atoms with Crippen molar-refractivity contribution in [1.29, 1.82) is 0 Å². The van der Waals surface area contributed by atoms with Gasteiger partial charge in [0.05, 0.1) is 17.7 Å². The van der Waals surface area contributed by atoms with Crippen LogP contribution in [0.3, 0.4) is 0 Å². The molecule has 1 aliphatic rings. The second-order valence-corrected chi connectivity index (χ2v) is 6.76. The van der Waals surface area contributed by atoms with E-state index in [1.165, 1.54) is 31.5 Å². The summed E-state index contributed by atoms with van der Waals surface area (Å²) in [4.78, 5) is 29.3. The molecule has 1 aromatic carbocycles. The first kappa shape index (κ1) is 20.5. The lowest BCUT2D eigenvalue weighted by Gasteiger charge is -2.32. The van der Waals surface area contributed by atoms with Crippen LogP contribution in [0.4, 0.5) is 14.9 Å². The number of aromatic nitrogens is 1. The normalized spacial score (nSPS) is 16.5. The van der Waals surface area contributed by atoms with Gasteiger partial charge in [0.1, 0.15) is 18.1 Å². The molecule has 0 radical (unpaired) electrons. The highest BCUT2D eigenvalue weighted by atomic mass is 19.1. The molecule has 2 amide bonds. The van der Waals surface area contributed by atoms with Crippen LogP contribution in [0.2, 0.25) is 0 Å². The first-order valence-electron chi connectivity index (χ1n) is 9.09. The molecule has 29 heavy (non-hydrogen) atoms. The number of hydrogen-bond donors (Lipinski definition) is 2. The van der Waals surface area contributed by atoms with Crippen molar-refractivity contribution in [3.8, 4) is 5.88 Å². The predicted molar refractivity (Wildman–Crippen MR) is 103 cm³/mol. The molecule has 8 nitrogen and oxygen atoms in total. The van der Waals surface area contributed by atoms with Gasteiger partial charge in [-0.15, -0.1) is 0 Å². The van der Waals surface area contributed by atoms with E-state index in [1.54, 1.807) is 19.1 Å². The highest BCUT2D eigenvalue weighted by Crippen LogP contribution is 2.32. The maximum atomic E-state index is 13.0. The number of carbonyl (C=O) groups excluding carboxylic acids is 1. The lowest BCUT2D eigenvalue weighted by molar-refractivity contribution is 0.0827. The van der Waals surface area contributed by atoms with Gasteiger partial charge in [0.15, 0.2) is 0 Å². The van der Waals surface area contributed by atoms with Gasteiger partial charge < -0.3 is 19.9 Å². The van der Waals surface area contributed by atoms with Gasteiger partial charge in [-0.3, -0.25) is 9.69 Å². The third kappa shape index (κ3) is 4.80. The van der Waals surface area contributed by atoms with E-state index in [9.17, 15) is 19.1 Å². The van der Waals surface area contributed by atoms with Gasteiger partial charge in [-0.1, -0.05) is 12.1 Å². The minimum Gasteiger partial charge on any atom is -0.474 e. The maximum absolute atomic E-state index is 13.0. The number of ether oxygens (including phenoxy) is 2. The summed E-state index contributed by atoms with van der Waals surface area (Å²) >= 11 is 0. The van der Waals surface area contributed by atoms with Gasteiger partial charge in [0.25, 0.3) is 5.91 Å². The lowest BCUT2D eigenvalue weighted by atomic mass is 10.1. The second kappa shape index (κ2) is 8.87. The van der Waals surface area contributed by atoms with Crippen LogP contribution in [-0.2, 0) is 11.2 Å². The number of nitrogens with zero attached hydrogens (tertiary/aromatic N) is 2. The van der Waals surface area contributed by atoms with E-state index >= 15 is 0 Å². The van der Waals surface area contributed by atoms with Gasteiger partial charge in [0, 0.05) is 26.3 Å². The van der Waals surface area contributed by atoms with Crippen molar-refractivity contribution in [1.82, 2.24) is 10.3 Å². The number of nitrogens with one attached hydrogen (secondary N) is 1. The third-order valence-corrected chi connectivity index (χ3v) is 4.66. The minimum atomic E-state index is -1.14. The van der Waals surface area contributed by atoms with E-state index in [1.807, 2.05) is 0 Å². The Kier molecular flexibility index (Phi) is 6.28. The molecule has 2 atom stereocenters. The molecule has 1 aromatic heterocycles. The van der Waals surface area contributed by atoms with Crippen molar-refractivity contribution in [3.63, 3.8) is 0 Å². The van der Waals surface area contributed by atoms with Gasteiger partial charge >= 0.3 is 6.09 Å². The number of pyridine rings is 1. The van der Waals surface area contributed by atoms with Crippen LogP contribution in [0.1, 0.15) is 22.8 Å². The molecule has 2 heterocycles. The number of anilines is 1. The molecule has 0 saturated carbocycles. The van der Waals surface area contributed by atoms with Crippen LogP contribution in [0.15, 0.2) is 36.5 Å². The van der Waals surface area contributed by atoms with Crippen LogP contribution in [-0.4, -0.2) is 54.5 Å². The molecular weight excluding hydrogens is 381 g/mol. The maximum Gasteiger partial charge on any atom is 0.412 e. The zero-order chi connectivity index (χ0) is 21.0. The molecule has 1 unspecified atom stereocenters. The Bertz CT molecular complexity index is 890. The Morgan fingerprint density at radius 1 is 1.41 bits per heavy atom. The predicted octanol–water partition coefficient (Wildman–Crippen LogP) is 2.47. The average molecular weight is 403 g/mol. The lowest BCUT2D eigenvalue weighted by Crippen LogP contribution is -2.44. The Labute approximate surface area is 167 Å². The number of halogens is 1. The van der Waals surface area contributed by atoms with Crippen LogP contribution in [0.5, 0.6) is 5.88 Å². The number of fused-ring (bicyclic) bond motifs is 1. The van der Waals surface area contributed by atoms with Gasteiger partial charge in [-0.25, -0.2) is 14.2 Å². The topological polar surface area (TPSA) is 101 Å². The summed E-state index contributed by atoms with van der Waals surface area (Å²) < 4.78 is 23.9. The smallest absolute Gasteiger partial charge is 0.412 e. The zero-order valence-electron chi connectivity index (χ0n) is 16.1. The zero-order valence-corrected chi connectivity index (χ0v) is 16.1. The molecule has 2 aromatic rings. The number of carboxylic acid groups (broad SMARTS) is 1. The molecule has 2 N–H and O–H groups in total. The van der Waals surface area contributed by atoms with Crippen molar-refractivity contribution in [2.45, 2.75) is 25.5 Å². The third-order valence-electron chi connectivity index (χ3n) is 4.66. The van der Waals surface area contributed by atoms with Crippen molar-refractivity contribution in [2.24, 2.45) is 0 Å². The highest BCUT2D eigenvalue weighted by Gasteiger charge is 2.31. The van der Waals surface area contributed by atoms with Gasteiger partial charge in [-0.2, -0.15) is 0 Å². The van der Waals surface area contributed by atoms with Crippen LogP contribution >= 0.6 is 0 Å². The summed E-state index contributed by atoms with van der Waals surface area (Å²) in [5.74, 6) is -0.553. The van der Waals surface area contributed by atoms with Crippen molar-refractivity contribution in [2.75, 3.05) is 25.2 Å². The molecule has 9 heteroatoms. The quantitative estimate of drug-likeness (QED) is 0.769. The van der Waals surface area contributed by atoms with E-state index < -0.39 is 18.0 Å². The number of methoxy groups -OCH3 is 1. The highest BCUT2D eigenvalue weighted by molar-refractivity contribution is 5.97. The summed E-state index contributed by atoms with van der Waals surface area (Å²) in [5.41, 5.74) is 1.33. The number of benzene rings is 1. The summed E-state index contributed by atoms with van der Waals surface area (Å²) in [6.07, 6.45) is 0.387. The molecule has 0 spiro atoms. The van der Waals surface area contributed by atoms with Gasteiger partial charge in [0.2, 0.25) is 5.88 Å². The van der Waals surface area contributed by atoms with Crippen molar-refractivity contribution < 1.29 is 28.6 Å². The second-order valence-electron chi connectivity index (χ2n) is 6.76. The van der Waals surface area contributed by atoms with E-state index in [4.69, 9.17) is 9.47 Å². The van der Waals surface area contributed by atoms with E-state index in [-0.39, 0.29) is 42.2 Å². The molecule has 0 saturated heterocycles. The van der Waals surface area contributed by atoms with Crippen LogP contribution < -0.4 is 15.0 Å². The van der Waals surface area contributed by atoms with E-state index in [0.29, 0.717) is 6.42 Å². The first-order chi connectivity index (χ1) is 13.9. The Hall–Kier alpha value is -3.20. The Balaban J connectivity index is 1.67. The monoisotopic (exact) mass is 403 g/mol. The van der Waals surface area contributed by atoms with Crippen LogP contribution in [0, 0.1) is 5.82 Å². The minimum absolute atomic E-state index is 0.174. The van der Waals surface area contributed by atoms with Crippen LogP contribution in [0.25, 0.3) is 0 Å². The number of rotatable bonds is 6. The summed E-state index contributed by atoms with van der Waals surface area (Å²) in [6.45, 7) is 2.12. The van der Waals surface area contributed by atoms with E-state index in [0.717, 1.165) is 10.5 Å². The number of hydrogen-bond acceptors (Lipinski definition) is 5. The molecule has 0 aliphatic carbocycles. The molecule has 3 rings (SSSR count). The van der Waals surface area contributed by atoms with Gasteiger partial charge in [-0.05, 0) is 30.7 Å². The molecule has 0 bridgehead atoms. The Morgan fingerprint density at radius 3 is 2.79 bits per heavy atom. The molecule has 154 valence electrons.